The summed E-state index contributed by atoms with van der Waals surface area (Å²) in [6.45, 7) is 5.75. The summed E-state index contributed by atoms with van der Waals surface area (Å²) in [6.07, 6.45) is 1.89. The van der Waals surface area contributed by atoms with Crippen LogP contribution >= 0.6 is 12.2 Å². The van der Waals surface area contributed by atoms with Crippen LogP contribution in [0.2, 0.25) is 0 Å². The molecule has 0 radical (unpaired) electrons. The van der Waals surface area contributed by atoms with Crippen molar-refractivity contribution in [2.45, 2.75) is 26.7 Å². The quantitative estimate of drug-likeness (QED) is 0.722. The molecule has 0 bridgehead atoms. The predicted octanol–water partition coefficient (Wildman–Crippen LogP) is 0.571. The van der Waals surface area contributed by atoms with Gasteiger partial charge in [0.1, 0.15) is 0 Å². The third-order valence-corrected chi connectivity index (χ3v) is 5.51. The molecule has 0 amide bonds. The smallest absolute Gasteiger partial charge is 0.281 e. The standard InChI is InChI=1S/C10H21N3O2S2/c1-3-12(8-9(2)10(11)16)17(14,15)13-6-4-5-7-13/h9H,3-8H2,1-2H3,(H2,11,16). The minimum absolute atomic E-state index is 0.0951. The molecule has 1 unspecified atom stereocenters. The summed E-state index contributed by atoms with van der Waals surface area (Å²) in [4.78, 5) is 0.361. The zero-order valence-electron chi connectivity index (χ0n) is 10.4. The maximum Gasteiger partial charge on any atom is 0.281 e. The summed E-state index contributed by atoms with van der Waals surface area (Å²) < 4.78 is 27.6. The average Bonchev–Trinajstić information content (AvgIpc) is 2.78. The molecule has 7 heteroatoms. The highest BCUT2D eigenvalue weighted by Gasteiger charge is 2.31. The first-order valence-electron chi connectivity index (χ1n) is 5.94. The molecule has 1 aliphatic heterocycles. The fourth-order valence-corrected chi connectivity index (χ4v) is 3.72. The molecule has 1 saturated heterocycles. The van der Waals surface area contributed by atoms with Crippen LogP contribution in [0.25, 0.3) is 0 Å². The summed E-state index contributed by atoms with van der Waals surface area (Å²) >= 11 is 4.88. The zero-order valence-corrected chi connectivity index (χ0v) is 12.1. The van der Waals surface area contributed by atoms with E-state index in [0.29, 0.717) is 31.2 Å². The van der Waals surface area contributed by atoms with Gasteiger partial charge in [0.2, 0.25) is 0 Å². The van der Waals surface area contributed by atoms with E-state index in [4.69, 9.17) is 18.0 Å². The van der Waals surface area contributed by atoms with Gasteiger partial charge in [0.05, 0.1) is 4.99 Å². The van der Waals surface area contributed by atoms with E-state index in [9.17, 15) is 8.42 Å². The van der Waals surface area contributed by atoms with E-state index in [1.807, 2.05) is 13.8 Å². The Balaban J connectivity index is 2.75. The Kier molecular flexibility index (Phi) is 5.30. The normalized spacial score (nSPS) is 19.7. The van der Waals surface area contributed by atoms with Crippen LogP contribution in [0.4, 0.5) is 0 Å². The van der Waals surface area contributed by atoms with Crippen molar-refractivity contribution < 1.29 is 8.42 Å². The largest absolute Gasteiger partial charge is 0.393 e. The van der Waals surface area contributed by atoms with E-state index in [0.717, 1.165) is 12.8 Å². The molecule has 1 heterocycles. The number of hydrogen-bond donors (Lipinski definition) is 1. The van der Waals surface area contributed by atoms with Crippen molar-refractivity contribution >= 4 is 27.4 Å². The molecular formula is C10H21N3O2S2. The number of hydrogen-bond acceptors (Lipinski definition) is 3. The van der Waals surface area contributed by atoms with Crippen LogP contribution in [-0.2, 0) is 10.2 Å². The lowest BCUT2D eigenvalue weighted by Gasteiger charge is -2.28. The summed E-state index contributed by atoms with van der Waals surface area (Å²) in [5.41, 5.74) is 5.53. The van der Waals surface area contributed by atoms with Gasteiger partial charge >= 0.3 is 0 Å². The van der Waals surface area contributed by atoms with Gasteiger partial charge in [0.25, 0.3) is 10.2 Å². The molecule has 100 valence electrons. The lowest BCUT2D eigenvalue weighted by atomic mass is 10.2. The Morgan fingerprint density at radius 2 is 2.00 bits per heavy atom. The first-order valence-corrected chi connectivity index (χ1v) is 7.74. The molecular weight excluding hydrogens is 258 g/mol. The summed E-state index contributed by atoms with van der Waals surface area (Å²) in [5, 5.41) is 0. The Morgan fingerprint density at radius 1 is 1.47 bits per heavy atom. The molecule has 5 nitrogen and oxygen atoms in total. The van der Waals surface area contributed by atoms with Gasteiger partial charge in [-0.2, -0.15) is 17.0 Å². The van der Waals surface area contributed by atoms with E-state index in [2.05, 4.69) is 0 Å². The van der Waals surface area contributed by atoms with Crippen LogP contribution in [0.15, 0.2) is 0 Å². The fourth-order valence-electron chi connectivity index (χ4n) is 1.86. The van der Waals surface area contributed by atoms with Crippen molar-refractivity contribution in [2.75, 3.05) is 26.2 Å². The molecule has 1 fully saturated rings. The van der Waals surface area contributed by atoms with Gasteiger partial charge in [-0.1, -0.05) is 26.1 Å². The lowest BCUT2D eigenvalue weighted by molar-refractivity contribution is 0.356. The van der Waals surface area contributed by atoms with Crippen LogP contribution < -0.4 is 5.73 Å². The van der Waals surface area contributed by atoms with E-state index in [1.165, 1.54) is 4.31 Å². The molecule has 0 aliphatic carbocycles. The van der Waals surface area contributed by atoms with E-state index >= 15 is 0 Å². The van der Waals surface area contributed by atoms with Gasteiger partial charge in [-0.05, 0) is 12.8 Å². The van der Waals surface area contributed by atoms with Crippen molar-refractivity contribution in [3.8, 4) is 0 Å². The number of nitrogens with zero attached hydrogens (tertiary/aromatic N) is 2. The monoisotopic (exact) mass is 279 g/mol. The Labute approximate surface area is 109 Å². The highest BCUT2D eigenvalue weighted by atomic mass is 32.2. The molecule has 17 heavy (non-hydrogen) atoms. The average molecular weight is 279 g/mol. The molecule has 0 aromatic rings. The van der Waals surface area contributed by atoms with Crippen molar-refractivity contribution in [1.82, 2.24) is 8.61 Å². The van der Waals surface area contributed by atoms with Crippen molar-refractivity contribution in [1.29, 1.82) is 0 Å². The van der Waals surface area contributed by atoms with Crippen molar-refractivity contribution in [2.24, 2.45) is 11.7 Å². The molecule has 1 aliphatic rings. The second-order valence-electron chi connectivity index (χ2n) is 4.37. The summed E-state index contributed by atoms with van der Waals surface area (Å²) in [6, 6.07) is 0. The first kappa shape index (κ1) is 14.8. The van der Waals surface area contributed by atoms with Gasteiger partial charge in [-0.15, -0.1) is 0 Å². The molecule has 0 saturated carbocycles. The number of nitrogens with two attached hydrogens (primary N) is 1. The molecule has 0 aromatic heterocycles. The molecule has 0 spiro atoms. The molecule has 1 atom stereocenters. The zero-order chi connectivity index (χ0) is 13.1. The summed E-state index contributed by atoms with van der Waals surface area (Å²) in [5.74, 6) is -0.0951. The van der Waals surface area contributed by atoms with Crippen LogP contribution in [0.1, 0.15) is 26.7 Å². The van der Waals surface area contributed by atoms with Gasteiger partial charge in [0.15, 0.2) is 0 Å². The number of rotatable bonds is 6. The maximum absolute atomic E-state index is 12.3. The highest BCUT2D eigenvalue weighted by Crippen LogP contribution is 2.17. The maximum atomic E-state index is 12.3. The van der Waals surface area contributed by atoms with Crippen molar-refractivity contribution in [3.63, 3.8) is 0 Å². The van der Waals surface area contributed by atoms with Gasteiger partial charge < -0.3 is 5.73 Å². The molecule has 0 aromatic carbocycles. The second kappa shape index (κ2) is 6.08. The van der Waals surface area contributed by atoms with Crippen LogP contribution in [0.3, 0.4) is 0 Å². The number of thiocarbonyl (C=S) groups is 1. The molecule has 2 N–H and O–H groups in total. The third kappa shape index (κ3) is 3.61. The highest BCUT2D eigenvalue weighted by molar-refractivity contribution is 7.86. The lowest BCUT2D eigenvalue weighted by Crippen LogP contribution is -2.45. The second-order valence-corrected chi connectivity index (χ2v) is 6.77. The Morgan fingerprint density at radius 3 is 2.41 bits per heavy atom. The third-order valence-electron chi connectivity index (χ3n) is 3.03. The van der Waals surface area contributed by atoms with Crippen molar-refractivity contribution in [3.05, 3.63) is 0 Å². The van der Waals surface area contributed by atoms with Crippen LogP contribution in [0.5, 0.6) is 0 Å². The minimum atomic E-state index is -3.33. The van der Waals surface area contributed by atoms with Gasteiger partial charge in [-0.3, -0.25) is 0 Å². The van der Waals surface area contributed by atoms with E-state index in [1.54, 1.807) is 4.31 Å². The van der Waals surface area contributed by atoms with E-state index < -0.39 is 10.2 Å². The van der Waals surface area contributed by atoms with E-state index in [-0.39, 0.29) is 5.92 Å². The minimum Gasteiger partial charge on any atom is -0.393 e. The van der Waals surface area contributed by atoms with Gasteiger partial charge in [0, 0.05) is 32.1 Å². The SMILES string of the molecule is CCN(CC(C)C(N)=S)S(=O)(=O)N1CCCC1. The predicted molar refractivity (Wildman–Crippen MR) is 72.9 cm³/mol. The summed E-state index contributed by atoms with van der Waals surface area (Å²) in [7, 11) is -3.33. The van der Waals surface area contributed by atoms with Crippen LogP contribution in [-0.4, -0.2) is 48.2 Å². The Hall–Kier alpha value is -0.240. The topological polar surface area (TPSA) is 66.6 Å². The van der Waals surface area contributed by atoms with Gasteiger partial charge in [-0.25, -0.2) is 0 Å². The fraction of sp³-hybridized carbons (Fsp3) is 0.900. The van der Waals surface area contributed by atoms with Crippen LogP contribution in [0, 0.1) is 5.92 Å². The Bertz CT molecular complexity index is 364. The molecule has 1 rings (SSSR count). The first-order chi connectivity index (χ1) is 7.89.